The van der Waals surface area contributed by atoms with Crippen molar-refractivity contribution in [3.63, 3.8) is 0 Å². The van der Waals surface area contributed by atoms with E-state index in [-0.39, 0.29) is 5.78 Å². The second kappa shape index (κ2) is 8.56. The fourth-order valence-electron chi connectivity index (χ4n) is 2.44. The van der Waals surface area contributed by atoms with Crippen LogP contribution in [0.15, 0.2) is 30.3 Å². The highest BCUT2D eigenvalue weighted by Crippen LogP contribution is 2.36. The maximum Gasteiger partial charge on any atom is 0.159 e. The molecule has 0 unspecified atom stereocenters. The van der Waals surface area contributed by atoms with Crippen LogP contribution in [-0.4, -0.2) is 19.0 Å². The second-order valence-electron chi connectivity index (χ2n) is 5.79. The van der Waals surface area contributed by atoms with Gasteiger partial charge in [0.05, 0.1) is 18.6 Å². The zero-order valence-corrected chi connectivity index (χ0v) is 14.4. The normalized spacial score (nSPS) is 10.7. The molecule has 0 aliphatic heterocycles. The van der Waals surface area contributed by atoms with Crippen LogP contribution in [0.1, 0.15) is 56.8 Å². The molecule has 3 nitrogen and oxygen atoms in total. The second-order valence-corrected chi connectivity index (χ2v) is 5.79. The highest BCUT2D eigenvalue weighted by atomic mass is 16.5. The first-order chi connectivity index (χ1) is 11.2. The van der Waals surface area contributed by atoms with Crippen LogP contribution in [0.25, 0.3) is 10.8 Å². The van der Waals surface area contributed by atoms with E-state index < -0.39 is 0 Å². The Morgan fingerprint density at radius 3 is 2.22 bits per heavy atom. The molecule has 0 spiro atoms. The zero-order valence-electron chi connectivity index (χ0n) is 14.4. The molecule has 0 aliphatic carbocycles. The minimum Gasteiger partial charge on any atom is -0.493 e. The predicted octanol–water partition coefficient (Wildman–Crippen LogP) is 5.40. The molecule has 0 heterocycles. The van der Waals surface area contributed by atoms with Gasteiger partial charge in [0.15, 0.2) is 5.78 Å². The molecule has 0 atom stereocenters. The molecule has 0 N–H and O–H groups in total. The molecule has 0 saturated heterocycles. The Hall–Kier alpha value is -2.03. The molecule has 2 rings (SSSR count). The Bertz CT molecular complexity index is 661. The number of rotatable bonds is 9. The monoisotopic (exact) mass is 314 g/mol. The summed E-state index contributed by atoms with van der Waals surface area (Å²) in [7, 11) is 0. The van der Waals surface area contributed by atoms with Gasteiger partial charge in [0.2, 0.25) is 0 Å². The van der Waals surface area contributed by atoms with Crippen LogP contribution in [0.2, 0.25) is 0 Å². The van der Waals surface area contributed by atoms with Crippen molar-refractivity contribution in [1.29, 1.82) is 0 Å². The molecule has 2 aromatic carbocycles. The van der Waals surface area contributed by atoms with E-state index in [1.54, 1.807) is 6.92 Å². The topological polar surface area (TPSA) is 35.5 Å². The quantitative estimate of drug-likeness (QED) is 0.459. The van der Waals surface area contributed by atoms with Crippen LogP contribution in [0, 0.1) is 0 Å². The minimum atomic E-state index is 0.0459. The lowest BCUT2D eigenvalue weighted by Gasteiger charge is -2.15. The third kappa shape index (κ3) is 4.47. The maximum absolute atomic E-state index is 11.8. The van der Waals surface area contributed by atoms with E-state index in [9.17, 15) is 4.79 Å². The highest BCUT2D eigenvalue weighted by molar-refractivity contribution is 6.02. The van der Waals surface area contributed by atoms with Crippen molar-refractivity contribution in [2.45, 2.75) is 46.5 Å². The van der Waals surface area contributed by atoms with Crippen molar-refractivity contribution in [3.8, 4) is 11.5 Å². The SMILES string of the molecule is CCCCOc1cccc2cc(C(C)=O)cc(OCCCC)c12. The van der Waals surface area contributed by atoms with Crippen LogP contribution in [0.5, 0.6) is 11.5 Å². The van der Waals surface area contributed by atoms with E-state index >= 15 is 0 Å². The third-order valence-electron chi connectivity index (χ3n) is 3.82. The molecule has 0 aliphatic rings. The van der Waals surface area contributed by atoms with E-state index in [1.807, 2.05) is 30.3 Å². The summed E-state index contributed by atoms with van der Waals surface area (Å²) in [6.07, 6.45) is 4.18. The molecule has 0 radical (unpaired) electrons. The van der Waals surface area contributed by atoms with E-state index in [2.05, 4.69) is 13.8 Å². The number of hydrogen-bond acceptors (Lipinski definition) is 3. The summed E-state index contributed by atoms with van der Waals surface area (Å²) < 4.78 is 11.9. The summed E-state index contributed by atoms with van der Waals surface area (Å²) in [6.45, 7) is 7.20. The molecule has 124 valence electrons. The van der Waals surface area contributed by atoms with Crippen molar-refractivity contribution in [2.75, 3.05) is 13.2 Å². The van der Waals surface area contributed by atoms with Crippen molar-refractivity contribution in [1.82, 2.24) is 0 Å². The summed E-state index contributed by atoms with van der Waals surface area (Å²) in [5, 5.41) is 1.95. The first-order valence-corrected chi connectivity index (χ1v) is 8.50. The van der Waals surface area contributed by atoms with Gasteiger partial charge in [0, 0.05) is 5.56 Å². The smallest absolute Gasteiger partial charge is 0.159 e. The van der Waals surface area contributed by atoms with Gasteiger partial charge in [-0.25, -0.2) is 0 Å². The van der Waals surface area contributed by atoms with Crippen molar-refractivity contribution in [3.05, 3.63) is 35.9 Å². The Kier molecular flexibility index (Phi) is 6.45. The van der Waals surface area contributed by atoms with Crippen LogP contribution < -0.4 is 9.47 Å². The highest BCUT2D eigenvalue weighted by Gasteiger charge is 2.13. The van der Waals surface area contributed by atoms with Crippen molar-refractivity contribution >= 4 is 16.6 Å². The van der Waals surface area contributed by atoms with Crippen molar-refractivity contribution < 1.29 is 14.3 Å². The van der Waals surface area contributed by atoms with Gasteiger partial charge in [-0.2, -0.15) is 0 Å². The lowest BCUT2D eigenvalue weighted by atomic mass is 10.0. The maximum atomic E-state index is 11.8. The fraction of sp³-hybridized carbons (Fsp3) is 0.450. The first-order valence-electron chi connectivity index (χ1n) is 8.50. The Balaban J connectivity index is 2.44. The van der Waals surface area contributed by atoms with Crippen LogP contribution >= 0.6 is 0 Å². The number of carbonyl (C=O) groups excluding carboxylic acids is 1. The number of ketones is 1. The van der Waals surface area contributed by atoms with Gasteiger partial charge in [-0.3, -0.25) is 4.79 Å². The van der Waals surface area contributed by atoms with Gasteiger partial charge < -0.3 is 9.47 Å². The Labute approximate surface area is 138 Å². The molecule has 0 aromatic heterocycles. The van der Waals surface area contributed by atoms with Gasteiger partial charge in [-0.1, -0.05) is 38.8 Å². The van der Waals surface area contributed by atoms with Crippen LogP contribution in [-0.2, 0) is 0 Å². The summed E-state index contributed by atoms with van der Waals surface area (Å²) in [4.78, 5) is 11.8. The van der Waals surface area contributed by atoms with E-state index in [1.165, 1.54) is 0 Å². The molecule has 0 fully saturated rings. The molecular weight excluding hydrogens is 288 g/mol. The minimum absolute atomic E-state index is 0.0459. The van der Waals surface area contributed by atoms with E-state index in [4.69, 9.17) is 9.47 Å². The summed E-state index contributed by atoms with van der Waals surface area (Å²) in [5.41, 5.74) is 0.676. The van der Waals surface area contributed by atoms with Gasteiger partial charge in [-0.05, 0) is 43.4 Å². The molecule has 0 bridgehead atoms. The predicted molar refractivity (Wildman–Crippen MR) is 94.8 cm³/mol. The first kappa shape index (κ1) is 17.3. The molecule has 2 aromatic rings. The number of Topliss-reactive ketones (excluding diaryl/α,β-unsaturated/α-hetero) is 1. The van der Waals surface area contributed by atoms with E-state index in [0.717, 1.165) is 48.0 Å². The number of hydrogen-bond donors (Lipinski definition) is 0. The Morgan fingerprint density at radius 2 is 1.61 bits per heavy atom. The molecule has 0 amide bonds. The number of unbranched alkanes of at least 4 members (excludes halogenated alkanes) is 2. The number of fused-ring (bicyclic) bond motifs is 1. The summed E-state index contributed by atoms with van der Waals surface area (Å²) >= 11 is 0. The van der Waals surface area contributed by atoms with Crippen molar-refractivity contribution in [2.24, 2.45) is 0 Å². The zero-order chi connectivity index (χ0) is 16.7. The van der Waals surface area contributed by atoms with Gasteiger partial charge in [0.25, 0.3) is 0 Å². The molecule has 0 saturated carbocycles. The average molecular weight is 314 g/mol. The largest absolute Gasteiger partial charge is 0.493 e. The number of benzene rings is 2. The lowest BCUT2D eigenvalue weighted by molar-refractivity contribution is 0.101. The molecule has 23 heavy (non-hydrogen) atoms. The Morgan fingerprint density at radius 1 is 0.957 bits per heavy atom. The molecule has 3 heteroatoms. The van der Waals surface area contributed by atoms with Crippen LogP contribution in [0.4, 0.5) is 0 Å². The van der Waals surface area contributed by atoms with E-state index in [0.29, 0.717) is 18.8 Å². The summed E-state index contributed by atoms with van der Waals surface area (Å²) in [6, 6.07) is 9.69. The third-order valence-corrected chi connectivity index (χ3v) is 3.82. The van der Waals surface area contributed by atoms with Gasteiger partial charge in [-0.15, -0.1) is 0 Å². The van der Waals surface area contributed by atoms with Crippen LogP contribution in [0.3, 0.4) is 0 Å². The van der Waals surface area contributed by atoms with Gasteiger partial charge >= 0.3 is 0 Å². The summed E-state index contributed by atoms with van der Waals surface area (Å²) in [5.74, 6) is 1.62. The molecular formula is C20H26O3. The lowest BCUT2D eigenvalue weighted by Crippen LogP contribution is -2.02. The number of carbonyl (C=O) groups is 1. The standard InChI is InChI=1S/C20H26O3/c1-4-6-11-22-18-10-8-9-16-13-17(15(3)21)14-19(20(16)18)23-12-7-5-2/h8-10,13-14H,4-7,11-12H2,1-3H3. The van der Waals surface area contributed by atoms with Gasteiger partial charge in [0.1, 0.15) is 11.5 Å². The average Bonchev–Trinajstić information content (AvgIpc) is 2.55. The number of ether oxygens (including phenoxy) is 2. The fourth-order valence-corrected chi connectivity index (χ4v) is 2.44.